The predicted molar refractivity (Wildman–Crippen MR) is 85.8 cm³/mol. The second-order valence-electron chi connectivity index (χ2n) is 4.94. The van der Waals surface area contributed by atoms with E-state index in [-0.39, 0.29) is 23.8 Å². The van der Waals surface area contributed by atoms with E-state index in [2.05, 4.69) is 29.9 Å². The van der Waals surface area contributed by atoms with Crippen molar-refractivity contribution in [2.75, 3.05) is 22.9 Å². The second-order valence-corrected chi connectivity index (χ2v) is 4.94. The van der Waals surface area contributed by atoms with E-state index in [4.69, 9.17) is 32.4 Å². The van der Waals surface area contributed by atoms with Crippen LogP contribution in [0.2, 0.25) is 0 Å². The maximum Gasteiger partial charge on any atom is 0.225 e. The van der Waals surface area contributed by atoms with Crippen molar-refractivity contribution in [1.82, 2.24) is 29.9 Å². The highest BCUT2D eigenvalue weighted by Crippen LogP contribution is 2.21. The normalized spacial score (nSPS) is 15.0. The summed E-state index contributed by atoms with van der Waals surface area (Å²) in [6.07, 6.45) is -1.67. The summed E-state index contributed by atoms with van der Waals surface area (Å²) in [7, 11) is 0. The third-order valence-electron chi connectivity index (χ3n) is 2.89. The van der Waals surface area contributed by atoms with E-state index in [0.717, 1.165) is 0 Å². The first kappa shape index (κ1) is 17.5. The first-order valence-electron chi connectivity index (χ1n) is 7.09. The quantitative estimate of drug-likeness (QED) is 0.497. The van der Waals surface area contributed by atoms with Crippen molar-refractivity contribution in [3.63, 3.8) is 0 Å². The van der Waals surface area contributed by atoms with Gasteiger partial charge in [-0.05, 0) is 20.8 Å². The largest absolute Gasteiger partial charge is 0.368 e. The molecule has 130 valence electrons. The maximum absolute atomic E-state index is 5.68. The summed E-state index contributed by atoms with van der Waals surface area (Å²) in [5.74, 6) is 0.683. The number of nitrogen functional groups attached to an aromatic ring is 4. The van der Waals surface area contributed by atoms with Gasteiger partial charge in [0.2, 0.25) is 23.8 Å². The fraction of sp³-hybridized carbons (Fsp3) is 0.500. The minimum Gasteiger partial charge on any atom is -0.368 e. The molecule has 0 fully saturated rings. The fourth-order valence-electron chi connectivity index (χ4n) is 1.95. The van der Waals surface area contributed by atoms with Gasteiger partial charge in [0.05, 0.1) is 0 Å². The van der Waals surface area contributed by atoms with Crippen molar-refractivity contribution >= 4 is 23.8 Å². The van der Waals surface area contributed by atoms with E-state index in [0.29, 0.717) is 11.6 Å². The number of nitrogens with zero attached hydrogens (tertiary/aromatic N) is 6. The van der Waals surface area contributed by atoms with E-state index in [1.807, 2.05) is 0 Å². The Bertz CT molecular complexity index is 612. The van der Waals surface area contributed by atoms with E-state index < -0.39 is 18.5 Å². The van der Waals surface area contributed by atoms with Gasteiger partial charge in [-0.1, -0.05) is 0 Å². The number of anilines is 4. The van der Waals surface area contributed by atoms with Gasteiger partial charge in [-0.25, -0.2) is 0 Å². The molecular weight excluding hydrogens is 316 g/mol. The number of hydrogen-bond donors (Lipinski definition) is 4. The van der Waals surface area contributed by atoms with Crippen LogP contribution in [0.4, 0.5) is 23.8 Å². The van der Waals surface area contributed by atoms with E-state index in [1.165, 1.54) is 0 Å². The lowest BCUT2D eigenvalue weighted by Crippen LogP contribution is -2.21. The number of ether oxygens (including phenoxy) is 2. The summed E-state index contributed by atoms with van der Waals surface area (Å²) < 4.78 is 11.4. The van der Waals surface area contributed by atoms with Gasteiger partial charge < -0.3 is 32.4 Å². The van der Waals surface area contributed by atoms with Crippen LogP contribution in [0, 0.1) is 0 Å². The Balaban J connectivity index is 2.00. The molecule has 24 heavy (non-hydrogen) atoms. The molecule has 2 heterocycles. The van der Waals surface area contributed by atoms with Crippen molar-refractivity contribution in [1.29, 1.82) is 0 Å². The minimum absolute atomic E-state index is 0.0195. The Labute approximate surface area is 138 Å². The highest BCUT2D eigenvalue weighted by molar-refractivity contribution is 5.27. The van der Waals surface area contributed by atoms with Gasteiger partial charge in [0, 0.05) is 0 Å². The van der Waals surface area contributed by atoms with Gasteiger partial charge in [0.1, 0.15) is 12.2 Å². The van der Waals surface area contributed by atoms with Crippen molar-refractivity contribution in [2.45, 2.75) is 39.3 Å². The predicted octanol–water partition coefficient (Wildman–Crippen LogP) is -0.413. The monoisotopic (exact) mass is 336 g/mol. The van der Waals surface area contributed by atoms with Crippen LogP contribution in [0.5, 0.6) is 0 Å². The van der Waals surface area contributed by atoms with Crippen molar-refractivity contribution in [2.24, 2.45) is 0 Å². The third-order valence-corrected chi connectivity index (χ3v) is 2.89. The number of rotatable bonds is 6. The van der Waals surface area contributed by atoms with Gasteiger partial charge >= 0.3 is 0 Å². The molecule has 0 saturated heterocycles. The zero-order valence-electron chi connectivity index (χ0n) is 13.5. The molecule has 2 aromatic rings. The fourth-order valence-corrected chi connectivity index (χ4v) is 1.95. The minimum atomic E-state index is -0.631. The molecule has 2 aromatic heterocycles. The summed E-state index contributed by atoms with van der Waals surface area (Å²) in [6.45, 7) is 5.17. The molecular formula is C12H20N10O2. The Morgan fingerprint density at radius 1 is 0.583 bits per heavy atom. The maximum atomic E-state index is 5.68. The zero-order valence-corrected chi connectivity index (χ0v) is 13.5. The molecule has 0 radical (unpaired) electrons. The standard InChI is InChI=1S/C12H20N10O2/c1-4(7-17-9(13)21-10(14)18-7)23-6(3)24-5(2)8-19-11(15)22-12(16)20-8/h4-6H,1-3H3,(H4,13,14,17,18,21)(H4,15,16,19,20,22). The smallest absolute Gasteiger partial charge is 0.225 e. The van der Waals surface area contributed by atoms with Crippen LogP contribution in [0.3, 0.4) is 0 Å². The lowest BCUT2D eigenvalue weighted by molar-refractivity contribution is -0.183. The summed E-state index contributed by atoms with van der Waals surface area (Å²) in [6, 6.07) is 0. The van der Waals surface area contributed by atoms with Crippen LogP contribution in [-0.2, 0) is 9.47 Å². The van der Waals surface area contributed by atoms with E-state index in [9.17, 15) is 0 Å². The molecule has 0 aliphatic carbocycles. The molecule has 0 aromatic carbocycles. The molecule has 2 unspecified atom stereocenters. The molecule has 0 spiro atoms. The molecule has 12 nitrogen and oxygen atoms in total. The number of hydrogen-bond acceptors (Lipinski definition) is 12. The molecule has 2 rings (SSSR count). The van der Waals surface area contributed by atoms with E-state index in [1.54, 1.807) is 20.8 Å². The van der Waals surface area contributed by atoms with Gasteiger partial charge in [-0.3, -0.25) is 0 Å². The van der Waals surface area contributed by atoms with Crippen LogP contribution in [-0.4, -0.2) is 36.2 Å². The first-order chi connectivity index (χ1) is 11.2. The highest BCUT2D eigenvalue weighted by Gasteiger charge is 2.19. The average Bonchev–Trinajstić information content (AvgIpc) is 2.44. The van der Waals surface area contributed by atoms with Crippen molar-refractivity contribution < 1.29 is 9.47 Å². The zero-order chi connectivity index (χ0) is 17.9. The van der Waals surface area contributed by atoms with Crippen LogP contribution in [0.1, 0.15) is 44.6 Å². The second kappa shape index (κ2) is 7.14. The van der Waals surface area contributed by atoms with Gasteiger partial charge in [0.15, 0.2) is 17.9 Å². The summed E-state index contributed by atoms with van der Waals surface area (Å²) in [5.41, 5.74) is 22.2. The number of aromatic nitrogens is 6. The molecule has 0 saturated carbocycles. The van der Waals surface area contributed by atoms with E-state index >= 15 is 0 Å². The molecule has 0 bridgehead atoms. The topological polar surface area (TPSA) is 200 Å². The Morgan fingerprint density at radius 3 is 1.17 bits per heavy atom. The molecule has 12 heteroatoms. The lowest BCUT2D eigenvalue weighted by atomic mass is 10.3. The van der Waals surface area contributed by atoms with Crippen LogP contribution in [0.15, 0.2) is 0 Å². The highest BCUT2D eigenvalue weighted by atomic mass is 16.7. The Hall–Kier alpha value is -2.86. The molecule has 0 aliphatic rings. The molecule has 0 aliphatic heterocycles. The lowest BCUT2D eigenvalue weighted by Gasteiger charge is -2.21. The van der Waals surface area contributed by atoms with Gasteiger partial charge in [-0.15, -0.1) is 0 Å². The van der Waals surface area contributed by atoms with Crippen molar-refractivity contribution in [3.05, 3.63) is 11.6 Å². The molecule has 2 atom stereocenters. The first-order valence-corrected chi connectivity index (χ1v) is 7.09. The Morgan fingerprint density at radius 2 is 0.875 bits per heavy atom. The SMILES string of the molecule is CC(OC(C)c1nc(N)nc(N)n1)OC(C)c1nc(N)nc(N)n1. The van der Waals surface area contributed by atoms with Crippen LogP contribution < -0.4 is 22.9 Å². The summed E-state index contributed by atoms with van der Waals surface area (Å²) in [5, 5.41) is 0. The van der Waals surface area contributed by atoms with Gasteiger partial charge in [-0.2, -0.15) is 29.9 Å². The Kier molecular flexibility index (Phi) is 5.21. The summed E-state index contributed by atoms with van der Waals surface area (Å²) in [4.78, 5) is 23.3. The van der Waals surface area contributed by atoms with Gasteiger partial charge in [0.25, 0.3) is 0 Å². The number of nitrogens with two attached hydrogens (primary N) is 4. The molecule has 8 N–H and O–H groups in total. The van der Waals surface area contributed by atoms with Crippen LogP contribution in [0.25, 0.3) is 0 Å². The average molecular weight is 336 g/mol. The molecule has 0 amide bonds. The third kappa shape index (κ3) is 4.57. The van der Waals surface area contributed by atoms with Crippen molar-refractivity contribution in [3.8, 4) is 0 Å². The summed E-state index contributed by atoms with van der Waals surface area (Å²) >= 11 is 0. The van der Waals surface area contributed by atoms with Crippen LogP contribution >= 0.6 is 0 Å².